The second-order valence-corrected chi connectivity index (χ2v) is 5.67. The first-order chi connectivity index (χ1) is 8.18. The summed E-state index contributed by atoms with van der Waals surface area (Å²) in [4.78, 5) is 0. The Morgan fingerprint density at radius 1 is 1.12 bits per heavy atom. The van der Waals surface area contributed by atoms with Gasteiger partial charge in [0.2, 0.25) is 0 Å². The topological polar surface area (TPSA) is 20.2 Å². The molecule has 0 spiro atoms. The van der Waals surface area contributed by atoms with E-state index in [4.69, 9.17) is 23.2 Å². The third kappa shape index (κ3) is 3.37. The normalized spacial score (nSPS) is 25.6. The van der Waals surface area contributed by atoms with E-state index < -0.39 is 0 Å². The molecule has 0 bridgehead atoms. The molecule has 1 aliphatic carbocycles. The van der Waals surface area contributed by atoms with Gasteiger partial charge in [0.05, 0.1) is 16.1 Å². The zero-order valence-corrected chi connectivity index (χ0v) is 11.3. The van der Waals surface area contributed by atoms with Crippen LogP contribution in [0.25, 0.3) is 0 Å². The molecule has 1 aliphatic rings. The van der Waals surface area contributed by atoms with Crippen molar-refractivity contribution in [2.24, 2.45) is 5.92 Å². The van der Waals surface area contributed by atoms with Crippen molar-refractivity contribution in [2.45, 2.75) is 44.6 Å². The van der Waals surface area contributed by atoms with Crippen LogP contribution in [0, 0.1) is 5.92 Å². The summed E-state index contributed by atoms with van der Waals surface area (Å²) in [6.07, 6.45) is 6.23. The number of hydrogen-bond acceptors (Lipinski definition) is 1. The Morgan fingerprint density at radius 3 is 2.71 bits per heavy atom. The molecule has 1 N–H and O–H groups in total. The maximum atomic E-state index is 10.1. The molecule has 3 heteroatoms. The van der Waals surface area contributed by atoms with E-state index >= 15 is 0 Å². The van der Waals surface area contributed by atoms with E-state index in [0.717, 1.165) is 31.2 Å². The van der Waals surface area contributed by atoms with Crippen molar-refractivity contribution in [3.8, 4) is 0 Å². The maximum Gasteiger partial charge on any atom is 0.0624 e. The summed E-state index contributed by atoms with van der Waals surface area (Å²) in [6, 6.07) is 5.73. The van der Waals surface area contributed by atoms with Crippen LogP contribution in [-0.4, -0.2) is 11.2 Å². The van der Waals surface area contributed by atoms with Gasteiger partial charge >= 0.3 is 0 Å². The van der Waals surface area contributed by atoms with Crippen molar-refractivity contribution < 1.29 is 5.11 Å². The fraction of sp³-hybridized carbons (Fsp3) is 0.571. The molecule has 1 aromatic carbocycles. The molecule has 0 aromatic heterocycles. The zero-order chi connectivity index (χ0) is 12.3. The van der Waals surface area contributed by atoms with Gasteiger partial charge < -0.3 is 5.11 Å². The van der Waals surface area contributed by atoms with E-state index in [1.54, 1.807) is 6.07 Å². The van der Waals surface area contributed by atoms with Gasteiger partial charge in [0.15, 0.2) is 0 Å². The van der Waals surface area contributed by atoms with Gasteiger partial charge in [0.1, 0.15) is 0 Å². The van der Waals surface area contributed by atoms with E-state index in [1.165, 1.54) is 12.8 Å². The molecule has 2 rings (SSSR count). The van der Waals surface area contributed by atoms with Crippen molar-refractivity contribution >= 4 is 23.2 Å². The van der Waals surface area contributed by atoms with Crippen molar-refractivity contribution in [1.82, 2.24) is 0 Å². The Labute approximate surface area is 113 Å². The first kappa shape index (κ1) is 13.2. The lowest BCUT2D eigenvalue weighted by atomic mass is 9.90. The van der Waals surface area contributed by atoms with Crippen LogP contribution in [0.2, 0.25) is 10.0 Å². The minimum Gasteiger partial charge on any atom is -0.393 e. The molecule has 0 heterocycles. The first-order valence-electron chi connectivity index (χ1n) is 6.29. The quantitative estimate of drug-likeness (QED) is 0.788. The van der Waals surface area contributed by atoms with Crippen LogP contribution >= 0.6 is 23.2 Å². The SMILES string of the molecule is OC1CCCCCC1Cc1cccc(Cl)c1Cl. The smallest absolute Gasteiger partial charge is 0.0624 e. The van der Waals surface area contributed by atoms with Crippen LogP contribution in [0.1, 0.15) is 37.7 Å². The highest BCUT2D eigenvalue weighted by Gasteiger charge is 2.22. The lowest BCUT2D eigenvalue weighted by Gasteiger charge is -2.21. The molecule has 0 radical (unpaired) electrons. The highest BCUT2D eigenvalue weighted by molar-refractivity contribution is 6.42. The van der Waals surface area contributed by atoms with Crippen LogP contribution in [-0.2, 0) is 6.42 Å². The summed E-state index contributed by atoms with van der Waals surface area (Å²) in [5.74, 6) is 0.327. The Morgan fingerprint density at radius 2 is 1.88 bits per heavy atom. The highest BCUT2D eigenvalue weighted by Crippen LogP contribution is 2.31. The molecular weight excluding hydrogens is 255 g/mol. The first-order valence-corrected chi connectivity index (χ1v) is 7.05. The van der Waals surface area contributed by atoms with E-state index in [9.17, 15) is 5.11 Å². The summed E-state index contributed by atoms with van der Waals surface area (Å²) in [5.41, 5.74) is 1.06. The van der Waals surface area contributed by atoms with Gasteiger partial charge in [-0.2, -0.15) is 0 Å². The van der Waals surface area contributed by atoms with E-state index in [0.29, 0.717) is 16.0 Å². The van der Waals surface area contributed by atoms with Crippen LogP contribution in [0.4, 0.5) is 0 Å². The average molecular weight is 273 g/mol. The van der Waals surface area contributed by atoms with Crippen molar-refractivity contribution in [3.05, 3.63) is 33.8 Å². The van der Waals surface area contributed by atoms with Crippen molar-refractivity contribution in [1.29, 1.82) is 0 Å². The van der Waals surface area contributed by atoms with Crippen molar-refractivity contribution in [2.75, 3.05) is 0 Å². The summed E-state index contributed by atoms with van der Waals surface area (Å²) in [6.45, 7) is 0. The minimum atomic E-state index is -0.187. The number of aliphatic hydroxyl groups excluding tert-OH is 1. The summed E-state index contributed by atoms with van der Waals surface area (Å²) < 4.78 is 0. The van der Waals surface area contributed by atoms with Gasteiger partial charge in [0.25, 0.3) is 0 Å². The van der Waals surface area contributed by atoms with E-state index in [2.05, 4.69) is 0 Å². The Kier molecular flexibility index (Phi) is 4.72. The molecule has 0 saturated heterocycles. The lowest BCUT2D eigenvalue weighted by Crippen LogP contribution is -2.21. The lowest BCUT2D eigenvalue weighted by molar-refractivity contribution is 0.101. The van der Waals surface area contributed by atoms with Gasteiger partial charge in [0, 0.05) is 0 Å². The van der Waals surface area contributed by atoms with Crippen LogP contribution in [0.3, 0.4) is 0 Å². The maximum absolute atomic E-state index is 10.1. The number of rotatable bonds is 2. The number of hydrogen-bond donors (Lipinski definition) is 1. The third-order valence-electron chi connectivity index (χ3n) is 3.63. The summed E-state index contributed by atoms with van der Waals surface area (Å²) >= 11 is 12.2. The second kappa shape index (κ2) is 6.08. The van der Waals surface area contributed by atoms with Crippen LogP contribution in [0.5, 0.6) is 0 Å². The predicted octanol–water partition coefficient (Wildman–Crippen LogP) is 4.48. The molecule has 94 valence electrons. The fourth-order valence-electron chi connectivity index (χ4n) is 2.59. The van der Waals surface area contributed by atoms with Crippen LogP contribution in [0.15, 0.2) is 18.2 Å². The largest absolute Gasteiger partial charge is 0.393 e. The standard InChI is InChI=1S/C14H18Cl2O/c15-12-7-4-6-11(14(12)16)9-10-5-2-1-3-8-13(10)17/h4,6-7,10,13,17H,1-3,5,8-9H2. The molecule has 1 saturated carbocycles. The Balaban J connectivity index is 2.10. The molecule has 2 unspecified atom stereocenters. The average Bonchev–Trinajstić information content (AvgIpc) is 2.51. The second-order valence-electron chi connectivity index (χ2n) is 4.88. The molecule has 2 atom stereocenters. The van der Waals surface area contributed by atoms with E-state index in [1.807, 2.05) is 12.1 Å². The highest BCUT2D eigenvalue weighted by atomic mass is 35.5. The molecule has 0 aliphatic heterocycles. The zero-order valence-electron chi connectivity index (χ0n) is 9.83. The number of benzene rings is 1. The number of aliphatic hydroxyl groups is 1. The van der Waals surface area contributed by atoms with Gasteiger partial charge in [-0.25, -0.2) is 0 Å². The molecule has 17 heavy (non-hydrogen) atoms. The summed E-state index contributed by atoms with van der Waals surface area (Å²) in [5, 5.41) is 11.3. The monoisotopic (exact) mass is 272 g/mol. The third-order valence-corrected chi connectivity index (χ3v) is 4.49. The van der Waals surface area contributed by atoms with Gasteiger partial charge in [-0.15, -0.1) is 0 Å². The summed E-state index contributed by atoms with van der Waals surface area (Å²) in [7, 11) is 0. The number of halogens is 2. The predicted molar refractivity (Wildman–Crippen MR) is 72.7 cm³/mol. The molecule has 0 amide bonds. The molecule has 1 fully saturated rings. The van der Waals surface area contributed by atoms with Crippen molar-refractivity contribution in [3.63, 3.8) is 0 Å². The Bertz CT molecular complexity index is 378. The van der Waals surface area contributed by atoms with Gasteiger partial charge in [-0.1, -0.05) is 54.6 Å². The fourth-order valence-corrected chi connectivity index (χ4v) is 2.99. The van der Waals surface area contributed by atoms with E-state index in [-0.39, 0.29) is 6.10 Å². The molecule has 1 aromatic rings. The molecular formula is C14H18Cl2O. The van der Waals surface area contributed by atoms with Gasteiger partial charge in [-0.05, 0) is 36.8 Å². The molecule has 1 nitrogen and oxygen atoms in total. The van der Waals surface area contributed by atoms with Gasteiger partial charge in [-0.3, -0.25) is 0 Å². The minimum absolute atomic E-state index is 0.187. The Hall–Kier alpha value is -0.240. The van der Waals surface area contributed by atoms with Crippen LogP contribution < -0.4 is 0 Å².